The van der Waals surface area contributed by atoms with Crippen LogP contribution >= 0.6 is 0 Å². The number of carbonyl (C=O) groups is 1. The first-order valence-corrected chi connectivity index (χ1v) is 8.79. The summed E-state index contributed by atoms with van der Waals surface area (Å²) >= 11 is 0. The van der Waals surface area contributed by atoms with Crippen LogP contribution in [-0.4, -0.2) is 51.5 Å². The van der Waals surface area contributed by atoms with Crippen molar-refractivity contribution in [1.29, 1.82) is 0 Å². The second-order valence-electron chi connectivity index (χ2n) is 6.45. The average Bonchev–Trinajstić information content (AvgIpc) is 3.14. The molecule has 132 valence electrons. The molecule has 0 aromatic heterocycles. The van der Waals surface area contributed by atoms with Crippen molar-refractivity contribution in [3.05, 3.63) is 24.3 Å². The molecule has 2 N–H and O–H groups in total. The second kappa shape index (κ2) is 8.24. The number of amides is 2. The Morgan fingerprint density at radius 2 is 2.00 bits per heavy atom. The summed E-state index contributed by atoms with van der Waals surface area (Å²) in [6.07, 6.45) is 4.24. The van der Waals surface area contributed by atoms with E-state index in [-0.39, 0.29) is 18.2 Å². The molecule has 1 atom stereocenters. The van der Waals surface area contributed by atoms with E-state index in [1.807, 2.05) is 12.1 Å². The Labute approximate surface area is 143 Å². The Morgan fingerprint density at radius 1 is 1.25 bits per heavy atom. The Kier molecular flexibility index (Phi) is 5.80. The molecule has 2 heterocycles. The minimum absolute atomic E-state index is 0.0756. The summed E-state index contributed by atoms with van der Waals surface area (Å²) < 4.78 is 10.7. The molecule has 0 spiro atoms. The van der Waals surface area contributed by atoms with Crippen LogP contribution in [0.5, 0.6) is 5.75 Å². The number of nitrogens with zero attached hydrogens (tertiary/aromatic N) is 1. The van der Waals surface area contributed by atoms with Gasteiger partial charge in [-0.15, -0.1) is 0 Å². The van der Waals surface area contributed by atoms with Gasteiger partial charge in [0, 0.05) is 38.0 Å². The molecule has 2 aliphatic heterocycles. The third-order valence-electron chi connectivity index (χ3n) is 4.78. The van der Waals surface area contributed by atoms with Gasteiger partial charge in [0.2, 0.25) is 0 Å². The van der Waals surface area contributed by atoms with Gasteiger partial charge >= 0.3 is 6.03 Å². The minimum atomic E-state index is -0.0756. The first kappa shape index (κ1) is 16.9. The zero-order chi connectivity index (χ0) is 16.8. The van der Waals surface area contributed by atoms with Crippen molar-refractivity contribution < 1.29 is 14.3 Å². The van der Waals surface area contributed by atoms with Crippen LogP contribution in [0.1, 0.15) is 25.7 Å². The molecule has 3 rings (SSSR count). The average molecular weight is 333 g/mol. The topological polar surface area (TPSA) is 62.8 Å². The maximum atomic E-state index is 12.0. The Hall–Kier alpha value is -1.95. The van der Waals surface area contributed by atoms with E-state index < -0.39 is 0 Å². The highest BCUT2D eigenvalue weighted by molar-refractivity contribution is 5.74. The molecule has 2 fully saturated rings. The van der Waals surface area contributed by atoms with Crippen molar-refractivity contribution in [2.24, 2.45) is 0 Å². The fourth-order valence-electron chi connectivity index (χ4n) is 3.32. The number of hydrogen-bond acceptors (Lipinski definition) is 4. The first-order chi connectivity index (χ1) is 11.7. The summed E-state index contributed by atoms with van der Waals surface area (Å²) in [5.74, 6) is 0.873. The lowest BCUT2D eigenvalue weighted by atomic mass is 10.0. The predicted molar refractivity (Wildman–Crippen MR) is 93.7 cm³/mol. The maximum Gasteiger partial charge on any atom is 0.315 e. The summed E-state index contributed by atoms with van der Waals surface area (Å²) in [4.78, 5) is 14.3. The number of methoxy groups -OCH3 is 1. The van der Waals surface area contributed by atoms with Crippen LogP contribution in [0.2, 0.25) is 0 Å². The summed E-state index contributed by atoms with van der Waals surface area (Å²) in [6, 6.07) is 8.30. The van der Waals surface area contributed by atoms with E-state index >= 15 is 0 Å². The minimum Gasteiger partial charge on any atom is -0.497 e. The predicted octanol–water partition coefficient (Wildman–Crippen LogP) is 2.14. The number of anilines is 1. The van der Waals surface area contributed by atoms with Gasteiger partial charge in [-0.3, -0.25) is 0 Å². The van der Waals surface area contributed by atoms with Crippen molar-refractivity contribution in [2.45, 2.75) is 37.8 Å². The molecule has 0 radical (unpaired) electrons. The number of ether oxygens (including phenoxy) is 2. The van der Waals surface area contributed by atoms with Crippen LogP contribution in [0, 0.1) is 0 Å². The molecule has 0 unspecified atom stereocenters. The summed E-state index contributed by atoms with van der Waals surface area (Å²) in [5.41, 5.74) is 1.21. The fraction of sp³-hybridized carbons (Fsp3) is 0.611. The number of rotatable bonds is 5. The van der Waals surface area contributed by atoms with E-state index in [9.17, 15) is 4.79 Å². The standard InChI is InChI=1S/C18H27N3O3/c1-23-16-6-4-15(5-7-16)21-10-8-14(9-11-21)20-18(22)19-13-17-3-2-12-24-17/h4-7,14,17H,2-3,8-13H2,1H3,(H2,19,20,22)/t17-/m1/s1. The zero-order valence-electron chi connectivity index (χ0n) is 14.3. The van der Waals surface area contributed by atoms with Gasteiger partial charge in [0.15, 0.2) is 0 Å². The molecule has 2 amide bonds. The number of urea groups is 1. The Bertz CT molecular complexity index is 521. The lowest BCUT2D eigenvalue weighted by molar-refractivity contribution is 0.111. The fourth-order valence-corrected chi connectivity index (χ4v) is 3.32. The number of carbonyl (C=O) groups excluding carboxylic acids is 1. The summed E-state index contributed by atoms with van der Waals surface area (Å²) in [5, 5.41) is 6.01. The van der Waals surface area contributed by atoms with Crippen molar-refractivity contribution in [3.8, 4) is 5.75 Å². The summed E-state index contributed by atoms with van der Waals surface area (Å²) in [6.45, 7) is 3.32. The van der Waals surface area contributed by atoms with Gasteiger partial charge in [-0.25, -0.2) is 4.79 Å². The van der Waals surface area contributed by atoms with E-state index in [0.29, 0.717) is 6.54 Å². The van der Waals surface area contributed by atoms with Gasteiger partial charge < -0.3 is 25.0 Å². The van der Waals surface area contributed by atoms with E-state index in [1.54, 1.807) is 7.11 Å². The molecule has 0 bridgehead atoms. The Morgan fingerprint density at radius 3 is 2.62 bits per heavy atom. The van der Waals surface area contributed by atoms with Gasteiger partial charge in [0.05, 0.1) is 13.2 Å². The van der Waals surface area contributed by atoms with E-state index in [1.165, 1.54) is 5.69 Å². The quantitative estimate of drug-likeness (QED) is 0.867. The third-order valence-corrected chi connectivity index (χ3v) is 4.78. The van der Waals surface area contributed by atoms with Crippen molar-refractivity contribution in [3.63, 3.8) is 0 Å². The molecule has 0 aliphatic carbocycles. The highest BCUT2D eigenvalue weighted by Crippen LogP contribution is 2.22. The molecule has 0 saturated carbocycles. The largest absolute Gasteiger partial charge is 0.497 e. The van der Waals surface area contributed by atoms with Gasteiger partial charge in [-0.1, -0.05) is 0 Å². The number of benzene rings is 1. The second-order valence-corrected chi connectivity index (χ2v) is 6.45. The van der Waals surface area contributed by atoms with Gasteiger partial charge in [-0.05, 0) is 49.9 Å². The van der Waals surface area contributed by atoms with Crippen LogP contribution < -0.4 is 20.3 Å². The lowest BCUT2D eigenvalue weighted by Gasteiger charge is -2.34. The first-order valence-electron chi connectivity index (χ1n) is 8.79. The van der Waals surface area contributed by atoms with Crippen molar-refractivity contribution >= 4 is 11.7 Å². The van der Waals surface area contributed by atoms with Crippen LogP contribution in [0.4, 0.5) is 10.5 Å². The van der Waals surface area contributed by atoms with E-state index in [4.69, 9.17) is 9.47 Å². The third kappa shape index (κ3) is 4.54. The Balaban J connectivity index is 1.38. The summed E-state index contributed by atoms with van der Waals surface area (Å²) in [7, 11) is 1.68. The van der Waals surface area contributed by atoms with Crippen LogP contribution in [0.15, 0.2) is 24.3 Å². The molecule has 6 nitrogen and oxygen atoms in total. The number of nitrogens with one attached hydrogen (secondary N) is 2. The smallest absolute Gasteiger partial charge is 0.315 e. The molecule has 2 saturated heterocycles. The molecular weight excluding hydrogens is 306 g/mol. The van der Waals surface area contributed by atoms with Crippen molar-refractivity contribution in [1.82, 2.24) is 10.6 Å². The normalized spacial score (nSPS) is 21.5. The monoisotopic (exact) mass is 333 g/mol. The number of piperidine rings is 1. The van der Waals surface area contributed by atoms with Crippen LogP contribution in [0.3, 0.4) is 0 Å². The van der Waals surface area contributed by atoms with E-state index in [0.717, 1.165) is 51.1 Å². The van der Waals surface area contributed by atoms with E-state index in [2.05, 4.69) is 27.7 Å². The molecule has 24 heavy (non-hydrogen) atoms. The molecule has 1 aromatic rings. The maximum absolute atomic E-state index is 12.0. The number of hydrogen-bond donors (Lipinski definition) is 2. The molecular formula is C18H27N3O3. The molecule has 6 heteroatoms. The van der Waals surface area contributed by atoms with Crippen molar-refractivity contribution in [2.75, 3.05) is 38.3 Å². The zero-order valence-corrected chi connectivity index (χ0v) is 14.3. The molecule has 1 aromatic carbocycles. The van der Waals surface area contributed by atoms with Gasteiger partial charge in [0.1, 0.15) is 5.75 Å². The SMILES string of the molecule is COc1ccc(N2CCC(NC(=O)NC[C@H]3CCCO3)CC2)cc1. The van der Waals surface area contributed by atoms with Gasteiger partial charge in [0.25, 0.3) is 0 Å². The highest BCUT2D eigenvalue weighted by Gasteiger charge is 2.22. The molecule has 2 aliphatic rings. The lowest BCUT2D eigenvalue weighted by Crippen LogP contribution is -2.49. The van der Waals surface area contributed by atoms with Crippen LogP contribution in [-0.2, 0) is 4.74 Å². The highest BCUT2D eigenvalue weighted by atomic mass is 16.5. The van der Waals surface area contributed by atoms with Gasteiger partial charge in [-0.2, -0.15) is 0 Å². The van der Waals surface area contributed by atoms with Crippen LogP contribution in [0.25, 0.3) is 0 Å².